The smallest absolute Gasteiger partial charge is 0.127 e. The first-order chi connectivity index (χ1) is 8.25. The monoisotopic (exact) mass is 224 g/mol. The highest BCUT2D eigenvalue weighted by Crippen LogP contribution is 2.28. The molecule has 2 N–H and O–H groups in total. The number of benzene rings is 1. The van der Waals surface area contributed by atoms with Gasteiger partial charge in [0, 0.05) is 35.8 Å². The van der Waals surface area contributed by atoms with Crippen LogP contribution in [0.1, 0.15) is 0 Å². The van der Waals surface area contributed by atoms with Crippen molar-refractivity contribution in [1.29, 1.82) is 0 Å². The molecule has 0 aliphatic heterocycles. The predicted octanol–water partition coefficient (Wildman–Crippen LogP) is 2.22. The van der Waals surface area contributed by atoms with Gasteiger partial charge in [-0.2, -0.15) is 0 Å². The van der Waals surface area contributed by atoms with Crippen LogP contribution in [-0.4, -0.2) is 14.5 Å². The van der Waals surface area contributed by atoms with Crippen molar-refractivity contribution in [1.82, 2.24) is 14.5 Å². The number of rotatable bonds is 1. The van der Waals surface area contributed by atoms with Gasteiger partial charge in [0.25, 0.3) is 0 Å². The van der Waals surface area contributed by atoms with Crippen LogP contribution in [-0.2, 0) is 7.05 Å². The zero-order chi connectivity index (χ0) is 11.8. The third-order valence-electron chi connectivity index (χ3n) is 2.86. The molecule has 0 unspecified atom stereocenters. The molecule has 0 atom stereocenters. The summed E-state index contributed by atoms with van der Waals surface area (Å²) in [5, 5.41) is 1.17. The van der Waals surface area contributed by atoms with E-state index in [1.165, 1.54) is 17.2 Å². The zero-order valence-corrected chi connectivity index (χ0v) is 9.46. The number of para-hydroxylation sites is 1. The SMILES string of the molecule is Cn1cc(-c2cc(N)ncn2)c2ccccc21. The topological polar surface area (TPSA) is 56.7 Å². The lowest BCUT2D eigenvalue weighted by atomic mass is 10.1. The normalized spacial score (nSPS) is 10.9. The van der Waals surface area contributed by atoms with Crippen molar-refractivity contribution < 1.29 is 0 Å². The maximum absolute atomic E-state index is 5.69. The number of anilines is 1. The Kier molecular flexibility index (Phi) is 2.08. The summed E-state index contributed by atoms with van der Waals surface area (Å²) in [6, 6.07) is 10.0. The summed E-state index contributed by atoms with van der Waals surface area (Å²) in [6.45, 7) is 0. The number of nitrogens with zero attached hydrogens (tertiary/aromatic N) is 3. The summed E-state index contributed by atoms with van der Waals surface area (Å²) in [6.07, 6.45) is 3.55. The van der Waals surface area contributed by atoms with E-state index in [0.717, 1.165) is 11.3 Å². The fourth-order valence-electron chi connectivity index (χ4n) is 2.07. The van der Waals surface area contributed by atoms with Gasteiger partial charge < -0.3 is 10.3 Å². The maximum atomic E-state index is 5.69. The molecule has 0 amide bonds. The first-order valence-electron chi connectivity index (χ1n) is 5.37. The molecule has 1 aromatic carbocycles. The van der Waals surface area contributed by atoms with Gasteiger partial charge in [-0.15, -0.1) is 0 Å². The summed E-state index contributed by atoms with van der Waals surface area (Å²) < 4.78 is 2.09. The minimum absolute atomic E-state index is 0.489. The maximum Gasteiger partial charge on any atom is 0.127 e. The Labute approximate surface area is 98.7 Å². The minimum Gasteiger partial charge on any atom is -0.384 e. The molecule has 3 aromatic rings. The van der Waals surface area contributed by atoms with Crippen LogP contribution in [0.5, 0.6) is 0 Å². The molecule has 4 nitrogen and oxygen atoms in total. The molecule has 0 radical (unpaired) electrons. The van der Waals surface area contributed by atoms with Crippen molar-refractivity contribution in [2.24, 2.45) is 7.05 Å². The molecule has 84 valence electrons. The van der Waals surface area contributed by atoms with Gasteiger partial charge in [-0.25, -0.2) is 9.97 Å². The molecule has 0 fully saturated rings. The van der Waals surface area contributed by atoms with Gasteiger partial charge in [-0.3, -0.25) is 0 Å². The Morgan fingerprint density at radius 2 is 2.00 bits per heavy atom. The fraction of sp³-hybridized carbons (Fsp3) is 0.0769. The van der Waals surface area contributed by atoms with Gasteiger partial charge in [0.1, 0.15) is 12.1 Å². The molecule has 4 heteroatoms. The number of hydrogen-bond donors (Lipinski definition) is 1. The molecule has 0 saturated carbocycles. The molecule has 0 saturated heterocycles. The molecule has 0 aliphatic rings. The summed E-state index contributed by atoms with van der Waals surface area (Å²) >= 11 is 0. The average molecular weight is 224 g/mol. The zero-order valence-electron chi connectivity index (χ0n) is 9.46. The molecule has 0 bridgehead atoms. The number of aryl methyl sites for hydroxylation is 1. The molecule has 2 aromatic heterocycles. The van der Waals surface area contributed by atoms with Crippen molar-refractivity contribution in [3.05, 3.63) is 42.9 Å². The van der Waals surface area contributed by atoms with Crippen LogP contribution in [0, 0.1) is 0 Å². The van der Waals surface area contributed by atoms with Gasteiger partial charge in [-0.05, 0) is 6.07 Å². The number of hydrogen-bond acceptors (Lipinski definition) is 3. The van der Waals surface area contributed by atoms with E-state index in [-0.39, 0.29) is 0 Å². The molecule has 3 rings (SSSR count). The van der Waals surface area contributed by atoms with E-state index in [4.69, 9.17) is 5.73 Å². The second kappa shape index (κ2) is 3.59. The van der Waals surface area contributed by atoms with Crippen LogP contribution < -0.4 is 5.73 Å². The van der Waals surface area contributed by atoms with Crippen molar-refractivity contribution in [3.63, 3.8) is 0 Å². The van der Waals surface area contributed by atoms with Gasteiger partial charge in [0.05, 0.1) is 5.69 Å². The Balaban J connectivity index is 2.31. The Morgan fingerprint density at radius 1 is 1.18 bits per heavy atom. The molecular formula is C13H12N4. The quantitative estimate of drug-likeness (QED) is 0.689. The Morgan fingerprint density at radius 3 is 2.82 bits per heavy atom. The summed E-state index contributed by atoms with van der Waals surface area (Å²) in [5.74, 6) is 0.489. The van der Waals surface area contributed by atoms with Crippen molar-refractivity contribution >= 4 is 16.7 Å². The minimum atomic E-state index is 0.489. The second-order valence-corrected chi connectivity index (χ2v) is 4.00. The van der Waals surface area contributed by atoms with E-state index in [0.29, 0.717) is 5.82 Å². The number of fused-ring (bicyclic) bond motifs is 1. The number of aromatic nitrogens is 3. The van der Waals surface area contributed by atoms with E-state index in [2.05, 4.69) is 32.9 Å². The second-order valence-electron chi connectivity index (χ2n) is 4.00. The molecule has 17 heavy (non-hydrogen) atoms. The highest BCUT2D eigenvalue weighted by molar-refractivity contribution is 5.95. The third-order valence-corrected chi connectivity index (χ3v) is 2.86. The first-order valence-corrected chi connectivity index (χ1v) is 5.37. The van der Waals surface area contributed by atoms with E-state index in [1.807, 2.05) is 19.2 Å². The van der Waals surface area contributed by atoms with Gasteiger partial charge in [0.2, 0.25) is 0 Å². The average Bonchev–Trinajstić information content (AvgIpc) is 2.68. The summed E-state index contributed by atoms with van der Waals surface area (Å²) in [4.78, 5) is 8.18. The van der Waals surface area contributed by atoms with E-state index < -0.39 is 0 Å². The van der Waals surface area contributed by atoms with Crippen LogP contribution in [0.4, 0.5) is 5.82 Å². The lowest BCUT2D eigenvalue weighted by Gasteiger charge is -1.98. The van der Waals surface area contributed by atoms with Crippen LogP contribution in [0.15, 0.2) is 42.9 Å². The van der Waals surface area contributed by atoms with Crippen LogP contribution in [0.25, 0.3) is 22.2 Å². The van der Waals surface area contributed by atoms with E-state index >= 15 is 0 Å². The lowest BCUT2D eigenvalue weighted by Crippen LogP contribution is -1.92. The standard InChI is InChI=1S/C13H12N4/c1-17-7-10(9-4-2-3-5-12(9)17)11-6-13(14)16-8-15-11/h2-8H,1H3,(H2,14,15,16). The number of nitrogens with two attached hydrogens (primary N) is 1. The molecular weight excluding hydrogens is 212 g/mol. The van der Waals surface area contributed by atoms with Crippen LogP contribution in [0.3, 0.4) is 0 Å². The largest absolute Gasteiger partial charge is 0.384 e. The Bertz CT molecular complexity index is 685. The van der Waals surface area contributed by atoms with Gasteiger partial charge in [-0.1, -0.05) is 18.2 Å². The highest BCUT2D eigenvalue weighted by Gasteiger charge is 2.09. The molecule has 0 aliphatic carbocycles. The first kappa shape index (κ1) is 9.84. The van der Waals surface area contributed by atoms with Crippen molar-refractivity contribution in [2.45, 2.75) is 0 Å². The third kappa shape index (κ3) is 1.54. The molecule has 0 spiro atoms. The van der Waals surface area contributed by atoms with Crippen molar-refractivity contribution in [2.75, 3.05) is 5.73 Å². The van der Waals surface area contributed by atoms with Crippen molar-refractivity contribution in [3.8, 4) is 11.3 Å². The van der Waals surface area contributed by atoms with Crippen LogP contribution in [0.2, 0.25) is 0 Å². The van der Waals surface area contributed by atoms with Gasteiger partial charge >= 0.3 is 0 Å². The molecule has 2 heterocycles. The summed E-state index contributed by atoms with van der Waals surface area (Å²) in [5.41, 5.74) is 8.81. The van der Waals surface area contributed by atoms with Gasteiger partial charge in [0.15, 0.2) is 0 Å². The number of nitrogen functional groups attached to an aromatic ring is 1. The summed E-state index contributed by atoms with van der Waals surface area (Å²) in [7, 11) is 2.02. The predicted molar refractivity (Wildman–Crippen MR) is 68.4 cm³/mol. The lowest BCUT2D eigenvalue weighted by molar-refractivity contribution is 0.969. The highest BCUT2D eigenvalue weighted by atomic mass is 14.9. The Hall–Kier alpha value is -2.36. The van der Waals surface area contributed by atoms with E-state index in [1.54, 1.807) is 6.07 Å². The fourth-order valence-corrected chi connectivity index (χ4v) is 2.07. The van der Waals surface area contributed by atoms with E-state index in [9.17, 15) is 0 Å². The van der Waals surface area contributed by atoms with Crippen LogP contribution >= 0.6 is 0 Å².